The molecule has 3 unspecified atom stereocenters. The van der Waals surface area contributed by atoms with Crippen LogP contribution in [0, 0.1) is 5.92 Å². The van der Waals surface area contributed by atoms with Crippen LogP contribution in [0.25, 0.3) is 0 Å². The van der Waals surface area contributed by atoms with E-state index in [4.69, 9.17) is 0 Å². The van der Waals surface area contributed by atoms with Crippen LogP contribution in [-0.2, 0) is 0 Å². The molecule has 0 amide bonds. The van der Waals surface area contributed by atoms with Crippen LogP contribution in [0.1, 0.15) is 45.4 Å². The van der Waals surface area contributed by atoms with Crippen molar-refractivity contribution in [3.05, 3.63) is 0 Å². The molecule has 2 heteroatoms. The Bertz CT molecular complexity index is 225. The van der Waals surface area contributed by atoms with Crippen LogP contribution in [0.4, 0.5) is 0 Å². The second kappa shape index (κ2) is 4.06. The molecule has 2 nitrogen and oxygen atoms in total. The van der Waals surface area contributed by atoms with Gasteiger partial charge in [-0.3, -0.25) is 4.90 Å². The highest BCUT2D eigenvalue weighted by atomic mass is 15.2. The molecular weight excluding hydrogens is 184 g/mol. The average Bonchev–Trinajstić information content (AvgIpc) is 2.97. The van der Waals surface area contributed by atoms with Gasteiger partial charge in [0.1, 0.15) is 0 Å². The number of fused-ring (bicyclic) bond motifs is 2. The summed E-state index contributed by atoms with van der Waals surface area (Å²) in [5, 5.41) is 3.78. The van der Waals surface area contributed by atoms with E-state index in [2.05, 4.69) is 17.1 Å². The van der Waals surface area contributed by atoms with Gasteiger partial charge >= 0.3 is 0 Å². The monoisotopic (exact) mass is 208 g/mol. The minimum Gasteiger partial charge on any atom is -0.310 e. The van der Waals surface area contributed by atoms with Gasteiger partial charge in [0.25, 0.3) is 0 Å². The Morgan fingerprint density at radius 2 is 1.93 bits per heavy atom. The molecule has 15 heavy (non-hydrogen) atoms. The molecule has 3 rings (SSSR count). The molecule has 0 spiro atoms. The molecule has 2 heterocycles. The molecule has 3 atom stereocenters. The smallest absolute Gasteiger partial charge is 0.0198 e. The Morgan fingerprint density at radius 1 is 1.13 bits per heavy atom. The summed E-state index contributed by atoms with van der Waals surface area (Å²) in [6, 6.07) is 2.56. The van der Waals surface area contributed by atoms with Crippen molar-refractivity contribution in [2.45, 2.75) is 63.6 Å². The first-order valence-electron chi connectivity index (χ1n) is 6.87. The Kier molecular flexibility index (Phi) is 2.73. The summed E-state index contributed by atoms with van der Waals surface area (Å²) < 4.78 is 0. The van der Waals surface area contributed by atoms with Gasteiger partial charge in [-0.05, 0) is 51.0 Å². The average molecular weight is 208 g/mol. The van der Waals surface area contributed by atoms with E-state index in [1.54, 1.807) is 0 Å². The van der Waals surface area contributed by atoms with Crippen molar-refractivity contribution in [1.29, 1.82) is 0 Å². The van der Waals surface area contributed by atoms with Crippen LogP contribution in [-0.4, -0.2) is 36.1 Å². The molecule has 0 aromatic heterocycles. The predicted octanol–water partition coefficient (Wildman–Crippen LogP) is 2.00. The van der Waals surface area contributed by atoms with Gasteiger partial charge in [0.2, 0.25) is 0 Å². The van der Waals surface area contributed by atoms with Crippen molar-refractivity contribution in [2.24, 2.45) is 5.92 Å². The lowest BCUT2D eigenvalue weighted by molar-refractivity contribution is 0.163. The molecule has 1 aliphatic carbocycles. The summed E-state index contributed by atoms with van der Waals surface area (Å²) in [6.07, 6.45) is 8.59. The number of hydrogen-bond donors (Lipinski definition) is 1. The zero-order chi connectivity index (χ0) is 10.3. The summed E-state index contributed by atoms with van der Waals surface area (Å²) in [5.41, 5.74) is 0. The first-order valence-corrected chi connectivity index (χ1v) is 6.87. The molecule has 86 valence electrons. The van der Waals surface area contributed by atoms with E-state index in [-0.39, 0.29) is 0 Å². The van der Waals surface area contributed by atoms with Crippen molar-refractivity contribution < 1.29 is 0 Å². The third kappa shape index (κ3) is 2.07. The fourth-order valence-electron chi connectivity index (χ4n) is 3.64. The third-order valence-electron chi connectivity index (χ3n) is 4.61. The van der Waals surface area contributed by atoms with Gasteiger partial charge < -0.3 is 5.32 Å². The van der Waals surface area contributed by atoms with Gasteiger partial charge in [-0.25, -0.2) is 0 Å². The van der Waals surface area contributed by atoms with Crippen LogP contribution < -0.4 is 5.32 Å². The minimum absolute atomic E-state index is 0.810. The Balaban J connectivity index is 1.64. The zero-order valence-corrected chi connectivity index (χ0v) is 9.91. The van der Waals surface area contributed by atoms with Gasteiger partial charge in [0.15, 0.2) is 0 Å². The highest BCUT2D eigenvalue weighted by molar-refractivity contribution is 4.94. The van der Waals surface area contributed by atoms with Crippen LogP contribution in [0.3, 0.4) is 0 Å². The Hall–Kier alpha value is -0.0800. The van der Waals surface area contributed by atoms with Crippen molar-refractivity contribution in [3.8, 4) is 0 Å². The van der Waals surface area contributed by atoms with E-state index >= 15 is 0 Å². The molecule has 2 saturated heterocycles. The number of hydrogen-bond acceptors (Lipinski definition) is 2. The molecule has 0 radical (unpaired) electrons. The summed E-state index contributed by atoms with van der Waals surface area (Å²) in [6.45, 7) is 5.05. The Morgan fingerprint density at radius 3 is 2.67 bits per heavy atom. The molecule has 1 saturated carbocycles. The van der Waals surface area contributed by atoms with Crippen molar-refractivity contribution in [3.63, 3.8) is 0 Å². The maximum Gasteiger partial charge on any atom is 0.0198 e. The van der Waals surface area contributed by atoms with Gasteiger partial charge in [0, 0.05) is 24.7 Å². The molecule has 3 fully saturated rings. The fourth-order valence-corrected chi connectivity index (χ4v) is 3.64. The first-order chi connectivity index (χ1) is 7.36. The maximum absolute atomic E-state index is 3.78. The molecular formula is C13H24N2. The minimum atomic E-state index is 0.810. The third-order valence-corrected chi connectivity index (χ3v) is 4.61. The van der Waals surface area contributed by atoms with Crippen molar-refractivity contribution in [1.82, 2.24) is 10.2 Å². The van der Waals surface area contributed by atoms with Gasteiger partial charge in [0.05, 0.1) is 0 Å². The van der Waals surface area contributed by atoms with E-state index in [1.807, 2.05) is 0 Å². The maximum atomic E-state index is 3.78. The molecule has 3 aliphatic rings. The summed E-state index contributed by atoms with van der Waals surface area (Å²) in [5.74, 6) is 1.05. The molecule has 2 aliphatic heterocycles. The van der Waals surface area contributed by atoms with Crippen LogP contribution >= 0.6 is 0 Å². The second-order valence-electron chi connectivity index (χ2n) is 5.73. The van der Waals surface area contributed by atoms with E-state index in [0.29, 0.717) is 0 Å². The molecule has 1 N–H and O–H groups in total. The summed E-state index contributed by atoms with van der Waals surface area (Å²) in [7, 11) is 0. The largest absolute Gasteiger partial charge is 0.310 e. The lowest BCUT2D eigenvalue weighted by atomic mass is 10.0. The van der Waals surface area contributed by atoms with Crippen LogP contribution in [0.15, 0.2) is 0 Å². The van der Waals surface area contributed by atoms with Gasteiger partial charge in [-0.2, -0.15) is 0 Å². The SMILES string of the molecule is CCC(C1CC1)N1CCC2CCC(C1)N2. The molecule has 2 bridgehead atoms. The van der Waals surface area contributed by atoms with E-state index < -0.39 is 0 Å². The highest BCUT2D eigenvalue weighted by Crippen LogP contribution is 2.38. The first kappa shape index (κ1) is 10.1. The van der Waals surface area contributed by atoms with Crippen LogP contribution in [0.5, 0.6) is 0 Å². The van der Waals surface area contributed by atoms with Crippen molar-refractivity contribution >= 4 is 0 Å². The topological polar surface area (TPSA) is 15.3 Å². The highest BCUT2D eigenvalue weighted by Gasteiger charge is 2.37. The fraction of sp³-hybridized carbons (Fsp3) is 1.00. The summed E-state index contributed by atoms with van der Waals surface area (Å²) >= 11 is 0. The molecule has 0 aromatic rings. The normalized spacial score (nSPS) is 39.0. The number of likely N-dealkylation sites (tertiary alicyclic amines) is 1. The van der Waals surface area contributed by atoms with Crippen molar-refractivity contribution in [2.75, 3.05) is 13.1 Å². The number of nitrogens with one attached hydrogen (secondary N) is 1. The van der Waals surface area contributed by atoms with Crippen LogP contribution in [0.2, 0.25) is 0 Å². The molecule has 0 aromatic carbocycles. The predicted molar refractivity (Wildman–Crippen MR) is 62.9 cm³/mol. The standard InChI is InChI=1S/C13H24N2/c1-2-13(10-3-4-10)15-8-7-11-5-6-12(9-15)14-11/h10-14H,2-9H2,1H3. The Labute approximate surface area is 93.4 Å². The quantitative estimate of drug-likeness (QED) is 0.763. The lowest BCUT2D eigenvalue weighted by Crippen LogP contribution is -2.42. The van der Waals surface area contributed by atoms with Gasteiger partial charge in [-0.15, -0.1) is 0 Å². The number of rotatable bonds is 3. The van der Waals surface area contributed by atoms with E-state index in [0.717, 1.165) is 24.0 Å². The number of nitrogens with zero attached hydrogens (tertiary/aromatic N) is 1. The van der Waals surface area contributed by atoms with Gasteiger partial charge in [-0.1, -0.05) is 6.92 Å². The van der Waals surface area contributed by atoms with E-state index in [1.165, 1.54) is 51.6 Å². The summed E-state index contributed by atoms with van der Waals surface area (Å²) in [4.78, 5) is 2.80. The lowest BCUT2D eigenvalue weighted by Gasteiger charge is -2.32. The zero-order valence-electron chi connectivity index (χ0n) is 9.91. The second-order valence-corrected chi connectivity index (χ2v) is 5.73. The van der Waals surface area contributed by atoms with E-state index in [9.17, 15) is 0 Å².